The summed E-state index contributed by atoms with van der Waals surface area (Å²) in [5.41, 5.74) is 2.78. The Bertz CT molecular complexity index is 381. The van der Waals surface area contributed by atoms with Gasteiger partial charge in [0.05, 0.1) is 0 Å². The Kier molecular flexibility index (Phi) is 5.10. The zero-order chi connectivity index (χ0) is 13.0. The van der Waals surface area contributed by atoms with E-state index in [0.29, 0.717) is 12.1 Å². The lowest BCUT2D eigenvalue weighted by molar-refractivity contribution is 0.217. The molecule has 1 N–H and O–H groups in total. The molecule has 1 aliphatic rings. The van der Waals surface area contributed by atoms with Gasteiger partial charge in [-0.2, -0.15) is 11.8 Å². The highest BCUT2D eigenvalue weighted by Crippen LogP contribution is 2.27. The molecule has 0 radical (unpaired) electrons. The van der Waals surface area contributed by atoms with Gasteiger partial charge in [0.1, 0.15) is 0 Å². The zero-order valence-electron chi connectivity index (χ0n) is 11.6. The Balaban J connectivity index is 2.21. The van der Waals surface area contributed by atoms with Crippen molar-refractivity contribution in [3.63, 3.8) is 0 Å². The molecule has 1 fully saturated rings. The van der Waals surface area contributed by atoms with Crippen molar-refractivity contribution in [3.8, 4) is 0 Å². The van der Waals surface area contributed by atoms with E-state index in [-0.39, 0.29) is 0 Å². The molecular formula is C15H24N2S. The third kappa shape index (κ3) is 3.28. The van der Waals surface area contributed by atoms with E-state index < -0.39 is 0 Å². The molecule has 1 aliphatic heterocycles. The summed E-state index contributed by atoms with van der Waals surface area (Å²) >= 11 is 2.08. The van der Waals surface area contributed by atoms with E-state index in [4.69, 9.17) is 0 Å². The maximum atomic E-state index is 3.67. The van der Waals surface area contributed by atoms with Gasteiger partial charge in [0, 0.05) is 30.1 Å². The molecule has 0 amide bonds. The Labute approximate surface area is 115 Å². The summed E-state index contributed by atoms with van der Waals surface area (Å²) in [5, 5.41) is 3.67. The summed E-state index contributed by atoms with van der Waals surface area (Å²) in [4.78, 5) is 2.51. The number of aryl methyl sites for hydroxylation is 1. The molecule has 2 unspecified atom stereocenters. The van der Waals surface area contributed by atoms with Crippen LogP contribution in [0.1, 0.15) is 24.1 Å². The highest BCUT2D eigenvalue weighted by molar-refractivity contribution is 7.99. The first-order chi connectivity index (χ1) is 8.72. The minimum absolute atomic E-state index is 0.452. The molecule has 1 aromatic rings. The summed E-state index contributed by atoms with van der Waals surface area (Å²) in [6, 6.07) is 9.98. The van der Waals surface area contributed by atoms with Crippen LogP contribution in [0, 0.1) is 6.92 Å². The van der Waals surface area contributed by atoms with E-state index in [1.807, 2.05) is 0 Å². The second kappa shape index (κ2) is 6.60. The summed E-state index contributed by atoms with van der Waals surface area (Å²) in [6.45, 7) is 6.58. The number of hydrogen-bond donors (Lipinski definition) is 1. The molecule has 2 rings (SSSR count). The molecule has 2 nitrogen and oxygen atoms in total. The predicted octanol–water partition coefficient (Wildman–Crippen LogP) is 2.69. The third-order valence-corrected chi connectivity index (χ3v) is 4.70. The average molecular weight is 264 g/mol. The van der Waals surface area contributed by atoms with E-state index in [0.717, 1.165) is 6.54 Å². The Morgan fingerprint density at radius 2 is 2.33 bits per heavy atom. The van der Waals surface area contributed by atoms with Gasteiger partial charge in [-0.1, -0.05) is 36.8 Å². The molecule has 1 aromatic carbocycles. The van der Waals surface area contributed by atoms with Crippen LogP contribution in [0.5, 0.6) is 0 Å². The van der Waals surface area contributed by atoms with Crippen molar-refractivity contribution in [3.05, 3.63) is 35.4 Å². The highest BCUT2D eigenvalue weighted by atomic mass is 32.2. The number of nitrogens with one attached hydrogen (secondary N) is 1. The lowest BCUT2D eigenvalue weighted by Gasteiger charge is -2.38. The van der Waals surface area contributed by atoms with Crippen molar-refractivity contribution in [2.75, 3.05) is 31.6 Å². The van der Waals surface area contributed by atoms with Gasteiger partial charge in [-0.25, -0.2) is 0 Å². The number of likely N-dealkylation sites (N-methyl/N-ethyl adjacent to an activating group) is 2. The van der Waals surface area contributed by atoms with E-state index in [2.05, 4.69) is 67.1 Å². The smallest absolute Gasteiger partial charge is 0.0486 e. The molecule has 18 heavy (non-hydrogen) atoms. The van der Waals surface area contributed by atoms with Gasteiger partial charge in [0.2, 0.25) is 0 Å². The molecule has 3 heteroatoms. The molecule has 100 valence electrons. The van der Waals surface area contributed by atoms with Crippen LogP contribution in [0.2, 0.25) is 0 Å². The summed E-state index contributed by atoms with van der Waals surface area (Å²) in [5.74, 6) is 2.49. The Hall–Kier alpha value is -0.510. The van der Waals surface area contributed by atoms with Crippen LogP contribution in [-0.4, -0.2) is 42.6 Å². The predicted molar refractivity (Wildman–Crippen MR) is 81.3 cm³/mol. The molecule has 0 aliphatic carbocycles. The van der Waals surface area contributed by atoms with Gasteiger partial charge in [-0.15, -0.1) is 0 Å². The molecule has 0 bridgehead atoms. The van der Waals surface area contributed by atoms with Gasteiger partial charge >= 0.3 is 0 Å². The monoisotopic (exact) mass is 264 g/mol. The zero-order valence-corrected chi connectivity index (χ0v) is 12.5. The van der Waals surface area contributed by atoms with E-state index in [9.17, 15) is 0 Å². The number of nitrogens with zero attached hydrogens (tertiary/aromatic N) is 1. The van der Waals surface area contributed by atoms with E-state index in [1.165, 1.54) is 29.2 Å². The lowest BCUT2D eigenvalue weighted by atomic mass is 9.97. The minimum Gasteiger partial charge on any atom is -0.309 e. The van der Waals surface area contributed by atoms with Crippen LogP contribution in [0.4, 0.5) is 0 Å². The standard InChI is InChI=1S/C15H24N2S/c1-4-16-15(13-7-5-6-12(2)10-13)14-11-18-9-8-17(14)3/h5-7,10,14-16H,4,8-9,11H2,1-3H3. The molecule has 1 saturated heterocycles. The molecule has 0 saturated carbocycles. The van der Waals surface area contributed by atoms with E-state index in [1.54, 1.807) is 0 Å². The van der Waals surface area contributed by atoms with Gasteiger partial charge in [-0.3, -0.25) is 4.90 Å². The van der Waals surface area contributed by atoms with Crippen LogP contribution in [0.25, 0.3) is 0 Å². The number of rotatable bonds is 4. The highest BCUT2D eigenvalue weighted by Gasteiger charge is 2.28. The SMILES string of the molecule is CCNC(c1cccc(C)c1)C1CSCCN1C. The van der Waals surface area contributed by atoms with Crippen LogP contribution < -0.4 is 5.32 Å². The topological polar surface area (TPSA) is 15.3 Å². The molecule has 1 heterocycles. The van der Waals surface area contributed by atoms with Crippen LogP contribution >= 0.6 is 11.8 Å². The third-order valence-electron chi connectivity index (χ3n) is 3.65. The minimum atomic E-state index is 0.452. The summed E-state index contributed by atoms with van der Waals surface area (Å²) in [7, 11) is 2.25. The van der Waals surface area contributed by atoms with Crippen LogP contribution in [0.3, 0.4) is 0 Å². The first-order valence-corrected chi connectivity index (χ1v) is 7.95. The number of benzene rings is 1. The van der Waals surface area contributed by atoms with Crippen molar-refractivity contribution in [1.82, 2.24) is 10.2 Å². The van der Waals surface area contributed by atoms with Crippen molar-refractivity contribution in [2.45, 2.75) is 25.9 Å². The maximum absolute atomic E-state index is 3.67. The fourth-order valence-corrected chi connectivity index (χ4v) is 3.89. The second-order valence-electron chi connectivity index (χ2n) is 5.07. The molecular weight excluding hydrogens is 240 g/mol. The first-order valence-electron chi connectivity index (χ1n) is 6.80. The normalized spacial score (nSPS) is 22.9. The van der Waals surface area contributed by atoms with Gasteiger partial charge in [-0.05, 0) is 26.1 Å². The molecule has 0 spiro atoms. The largest absolute Gasteiger partial charge is 0.309 e. The number of thioether (sulfide) groups is 1. The van der Waals surface area contributed by atoms with Crippen molar-refractivity contribution >= 4 is 11.8 Å². The fraction of sp³-hybridized carbons (Fsp3) is 0.600. The number of hydrogen-bond acceptors (Lipinski definition) is 3. The van der Waals surface area contributed by atoms with E-state index >= 15 is 0 Å². The van der Waals surface area contributed by atoms with Gasteiger partial charge in [0.25, 0.3) is 0 Å². The first kappa shape index (κ1) is 13.9. The maximum Gasteiger partial charge on any atom is 0.0486 e. The van der Waals surface area contributed by atoms with Gasteiger partial charge in [0.15, 0.2) is 0 Å². The Morgan fingerprint density at radius 1 is 1.50 bits per heavy atom. The van der Waals surface area contributed by atoms with Crippen LogP contribution in [0.15, 0.2) is 24.3 Å². The molecule has 2 atom stereocenters. The fourth-order valence-electron chi connectivity index (χ4n) is 2.62. The van der Waals surface area contributed by atoms with Gasteiger partial charge < -0.3 is 5.32 Å². The summed E-state index contributed by atoms with van der Waals surface area (Å²) in [6.07, 6.45) is 0. The average Bonchev–Trinajstić information content (AvgIpc) is 2.37. The van der Waals surface area contributed by atoms with Crippen molar-refractivity contribution in [2.24, 2.45) is 0 Å². The van der Waals surface area contributed by atoms with Crippen molar-refractivity contribution in [1.29, 1.82) is 0 Å². The Morgan fingerprint density at radius 3 is 3.00 bits per heavy atom. The molecule has 0 aromatic heterocycles. The lowest BCUT2D eigenvalue weighted by Crippen LogP contribution is -2.47. The second-order valence-corrected chi connectivity index (χ2v) is 6.22. The van der Waals surface area contributed by atoms with Crippen molar-refractivity contribution < 1.29 is 0 Å². The van der Waals surface area contributed by atoms with Crippen LogP contribution in [-0.2, 0) is 0 Å². The summed E-state index contributed by atoms with van der Waals surface area (Å²) < 4.78 is 0. The quantitative estimate of drug-likeness (QED) is 0.900.